The third kappa shape index (κ3) is 3.22. The Hall–Kier alpha value is -3.60. The van der Waals surface area contributed by atoms with Gasteiger partial charge in [-0.1, -0.05) is 35.1 Å². The zero-order chi connectivity index (χ0) is 21.4. The molecule has 0 unspecified atom stereocenters. The number of ether oxygens (including phenoxy) is 1. The average Bonchev–Trinajstić information content (AvgIpc) is 3.08. The van der Waals surface area contributed by atoms with Crippen LogP contribution in [-0.4, -0.2) is 12.9 Å². The number of methoxy groups -OCH3 is 1. The number of ketones is 1. The number of nitriles is 1. The lowest BCUT2D eigenvalue weighted by Gasteiger charge is -2.08. The summed E-state index contributed by atoms with van der Waals surface area (Å²) < 4.78 is 5.22. The maximum Gasteiger partial charge on any atom is 0.290 e. The molecule has 0 amide bonds. The molecule has 8 heteroatoms. The van der Waals surface area contributed by atoms with E-state index in [0.717, 1.165) is 5.56 Å². The molecule has 0 fully saturated rings. The Labute approximate surface area is 181 Å². The Kier molecular flexibility index (Phi) is 5.04. The average molecular weight is 436 g/mol. The molecule has 6 nitrogen and oxygen atoms in total. The fourth-order valence-electron chi connectivity index (χ4n) is 3.29. The lowest BCUT2D eigenvalue weighted by Crippen LogP contribution is -2.13. The Morgan fingerprint density at radius 3 is 2.40 bits per heavy atom. The van der Waals surface area contributed by atoms with Gasteiger partial charge in [-0.3, -0.25) is 10.5 Å². The number of nitrogens with zero attached hydrogens (tertiary/aromatic N) is 1. The zero-order valence-corrected chi connectivity index (χ0v) is 17.4. The Morgan fingerprint density at radius 1 is 1.13 bits per heavy atom. The number of benzene rings is 2. The number of thiophene rings is 1. The third-order valence-electron chi connectivity index (χ3n) is 4.77. The van der Waals surface area contributed by atoms with Gasteiger partial charge in [0.05, 0.1) is 18.2 Å². The van der Waals surface area contributed by atoms with E-state index in [1.54, 1.807) is 43.5 Å². The highest BCUT2D eigenvalue weighted by Gasteiger charge is 2.27. The van der Waals surface area contributed by atoms with Gasteiger partial charge in [-0.25, -0.2) is 4.98 Å². The van der Waals surface area contributed by atoms with Gasteiger partial charge in [0.2, 0.25) is 5.78 Å². The predicted octanol–water partition coefficient (Wildman–Crippen LogP) is 4.31. The number of aromatic nitrogens is 1. The standard InChI is InChI=1S/C22H15ClN4O2S/c1-29-14-8-4-11(5-9-14)16-15(10-24)21(26)27-22-17(16)18(25)20(30-22)19(28)12-2-6-13(23)7-3-12/h2-9H,25H2,1H3,(H2,26,27)/p+1. The van der Waals surface area contributed by atoms with Crippen LogP contribution in [0.3, 0.4) is 0 Å². The summed E-state index contributed by atoms with van der Waals surface area (Å²) in [5, 5.41) is 10.9. The van der Waals surface area contributed by atoms with E-state index in [-0.39, 0.29) is 17.2 Å². The van der Waals surface area contributed by atoms with E-state index in [0.29, 0.717) is 42.7 Å². The smallest absolute Gasteiger partial charge is 0.290 e. The summed E-state index contributed by atoms with van der Waals surface area (Å²) >= 11 is 7.13. The minimum Gasteiger partial charge on any atom is -0.497 e. The molecular formula is C22H16ClN4O2S+. The van der Waals surface area contributed by atoms with Crippen LogP contribution in [0, 0.1) is 11.3 Å². The first-order valence-corrected chi connectivity index (χ1v) is 10.1. The van der Waals surface area contributed by atoms with Gasteiger partial charge < -0.3 is 10.5 Å². The van der Waals surface area contributed by atoms with Crippen LogP contribution in [0.5, 0.6) is 5.75 Å². The van der Waals surface area contributed by atoms with Crippen LogP contribution < -0.4 is 21.2 Å². The largest absolute Gasteiger partial charge is 0.497 e. The minimum absolute atomic E-state index is 0.211. The van der Waals surface area contributed by atoms with Gasteiger partial charge in [-0.05, 0) is 42.0 Å². The molecule has 0 saturated heterocycles. The minimum atomic E-state index is -0.225. The number of carbonyl (C=O) groups is 1. The number of carbonyl (C=O) groups excluding carboxylic acids is 1. The molecule has 2 aromatic carbocycles. The first-order valence-electron chi connectivity index (χ1n) is 8.86. The molecule has 0 spiro atoms. The van der Waals surface area contributed by atoms with Crippen molar-refractivity contribution < 1.29 is 14.5 Å². The number of hydrogen-bond acceptors (Lipinski definition) is 6. The van der Waals surface area contributed by atoms with Gasteiger partial charge in [0, 0.05) is 16.1 Å². The van der Waals surface area contributed by atoms with Crippen molar-refractivity contribution >= 4 is 50.4 Å². The maximum atomic E-state index is 13.1. The van der Waals surface area contributed by atoms with E-state index in [2.05, 4.69) is 11.1 Å². The quantitative estimate of drug-likeness (QED) is 0.463. The van der Waals surface area contributed by atoms with Gasteiger partial charge in [-0.15, -0.1) is 0 Å². The molecule has 0 saturated carbocycles. The highest BCUT2D eigenvalue weighted by Crippen LogP contribution is 2.42. The highest BCUT2D eigenvalue weighted by molar-refractivity contribution is 7.21. The second-order valence-corrected chi connectivity index (χ2v) is 7.97. The molecule has 0 bridgehead atoms. The fraction of sp³-hybridized carbons (Fsp3) is 0.0455. The van der Waals surface area contributed by atoms with Crippen LogP contribution in [0.1, 0.15) is 20.8 Å². The number of rotatable bonds is 4. The molecule has 4 rings (SSSR count). The molecule has 2 heterocycles. The summed E-state index contributed by atoms with van der Waals surface area (Å²) in [6, 6.07) is 16.0. The number of pyridine rings is 1. The number of hydrogen-bond donors (Lipinski definition) is 2. The third-order valence-corrected chi connectivity index (χ3v) is 6.14. The van der Waals surface area contributed by atoms with Crippen LogP contribution in [0.25, 0.3) is 21.3 Å². The van der Waals surface area contributed by atoms with E-state index in [1.165, 1.54) is 11.3 Å². The van der Waals surface area contributed by atoms with E-state index in [1.807, 2.05) is 12.1 Å². The second-order valence-electron chi connectivity index (χ2n) is 6.51. The van der Waals surface area contributed by atoms with Gasteiger partial charge in [0.15, 0.2) is 4.83 Å². The molecule has 0 aliphatic rings. The summed E-state index contributed by atoms with van der Waals surface area (Å²) in [7, 11) is 1.58. The summed E-state index contributed by atoms with van der Waals surface area (Å²) in [5.74, 6) is 0.667. The van der Waals surface area contributed by atoms with Gasteiger partial charge in [0.1, 0.15) is 22.3 Å². The fourth-order valence-corrected chi connectivity index (χ4v) is 4.52. The molecular weight excluding hydrogens is 420 g/mol. The van der Waals surface area contributed by atoms with Crippen molar-refractivity contribution in [1.29, 1.82) is 5.26 Å². The summed E-state index contributed by atoms with van der Waals surface area (Å²) in [6.07, 6.45) is 0. The van der Waals surface area contributed by atoms with Crippen molar-refractivity contribution in [2.45, 2.75) is 0 Å². The summed E-state index contributed by atoms with van der Waals surface area (Å²) in [5.41, 5.74) is 14.9. The number of anilines is 2. The number of fused-ring (bicyclic) bond motifs is 1. The Morgan fingerprint density at radius 2 is 1.80 bits per heavy atom. The first kappa shape index (κ1) is 19.7. The van der Waals surface area contributed by atoms with Gasteiger partial charge in [0.25, 0.3) is 5.82 Å². The van der Waals surface area contributed by atoms with Crippen LogP contribution in [0.15, 0.2) is 48.5 Å². The number of nitrogen functional groups attached to an aromatic ring is 2. The Balaban J connectivity index is 1.97. The summed E-state index contributed by atoms with van der Waals surface area (Å²) in [6.45, 7) is 0. The van der Waals surface area contributed by atoms with E-state index in [9.17, 15) is 10.1 Å². The molecule has 30 heavy (non-hydrogen) atoms. The maximum absolute atomic E-state index is 13.1. The molecule has 5 N–H and O–H groups in total. The van der Waals surface area contributed by atoms with Crippen LogP contribution in [0.2, 0.25) is 5.02 Å². The van der Waals surface area contributed by atoms with Crippen molar-refractivity contribution in [3.63, 3.8) is 0 Å². The molecule has 4 aromatic rings. The van der Waals surface area contributed by atoms with Gasteiger partial charge in [-0.2, -0.15) is 5.26 Å². The molecule has 0 radical (unpaired) electrons. The van der Waals surface area contributed by atoms with Crippen molar-refractivity contribution in [2.24, 2.45) is 0 Å². The number of H-pyrrole nitrogens is 1. The van der Waals surface area contributed by atoms with E-state index in [4.69, 9.17) is 27.8 Å². The number of nitrogens with two attached hydrogens (primary N) is 2. The van der Waals surface area contributed by atoms with Crippen molar-refractivity contribution in [3.05, 3.63) is 69.6 Å². The van der Waals surface area contributed by atoms with Gasteiger partial charge >= 0.3 is 0 Å². The van der Waals surface area contributed by atoms with Crippen LogP contribution in [0.4, 0.5) is 11.5 Å². The van der Waals surface area contributed by atoms with Crippen molar-refractivity contribution in [2.75, 3.05) is 18.6 Å². The predicted molar refractivity (Wildman–Crippen MR) is 119 cm³/mol. The molecule has 0 aliphatic carbocycles. The lowest BCUT2D eigenvalue weighted by molar-refractivity contribution is -0.323. The SMILES string of the molecule is COc1ccc(-c2c(C#N)c(N)[nH+]c3sc(C(=O)c4ccc(Cl)cc4)c(N)c23)cc1. The molecule has 0 atom stereocenters. The van der Waals surface area contributed by atoms with Crippen molar-refractivity contribution in [1.82, 2.24) is 0 Å². The van der Waals surface area contributed by atoms with E-state index >= 15 is 0 Å². The monoisotopic (exact) mass is 435 g/mol. The molecule has 148 valence electrons. The second kappa shape index (κ2) is 7.67. The highest BCUT2D eigenvalue weighted by atomic mass is 35.5. The van der Waals surface area contributed by atoms with E-state index < -0.39 is 0 Å². The van der Waals surface area contributed by atoms with Crippen LogP contribution in [-0.2, 0) is 0 Å². The lowest BCUT2D eigenvalue weighted by atomic mass is 9.96. The topological polar surface area (TPSA) is 116 Å². The van der Waals surface area contributed by atoms with Crippen molar-refractivity contribution in [3.8, 4) is 22.9 Å². The first-order chi connectivity index (χ1) is 14.4. The zero-order valence-electron chi connectivity index (χ0n) is 15.8. The Bertz CT molecular complexity index is 1320. The summed E-state index contributed by atoms with van der Waals surface area (Å²) in [4.78, 5) is 17.1. The van der Waals surface area contributed by atoms with Crippen LogP contribution >= 0.6 is 22.9 Å². The number of aromatic amines is 1. The molecule has 2 aromatic heterocycles. The molecule has 0 aliphatic heterocycles. The number of halogens is 1. The number of nitrogens with one attached hydrogen (secondary N) is 1. The normalized spacial score (nSPS) is 10.7.